The van der Waals surface area contributed by atoms with Gasteiger partial charge in [0.15, 0.2) is 0 Å². The zero-order chi connectivity index (χ0) is 14.7. The maximum absolute atomic E-state index is 10.5. The highest BCUT2D eigenvalue weighted by Gasteiger charge is 2.21. The Balaban J connectivity index is 0. The largest absolute Gasteiger partial charge is 0.480 e. The fraction of sp³-hybridized carbons (Fsp3) is 0.750. The van der Waals surface area contributed by atoms with Gasteiger partial charge >= 0.3 is 5.97 Å². The van der Waals surface area contributed by atoms with E-state index in [0.717, 1.165) is 6.42 Å². The number of carboxylic acid groups (broad SMARTS) is 1. The molecule has 6 nitrogen and oxygen atoms in total. The van der Waals surface area contributed by atoms with Gasteiger partial charge in [-0.25, -0.2) is 4.79 Å². The van der Waals surface area contributed by atoms with E-state index in [0.29, 0.717) is 6.42 Å². The van der Waals surface area contributed by atoms with Crippen LogP contribution in [-0.2, 0) is 9.59 Å². The normalized spacial score (nSPS) is 12.7. The van der Waals surface area contributed by atoms with Crippen LogP contribution in [0.2, 0.25) is 0 Å². The van der Waals surface area contributed by atoms with Gasteiger partial charge in [-0.05, 0) is 12.3 Å². The van der Waals surface area contributed by atoms with Crippen molar-refractivity contribution in [2.75, 3.05) is 0 Å². The summed E-state index contributed by atoms with van der Waals surface area (Å²) in [6.45, 7) is 6.77. The summed E-state index contributed by atoms with van der Waals surface area (Å²) < 4.78 is 0. The number of nitriles is 1. The third-order valence-electron chi connectivity index (χ3n) is 2.17. The van der Waals surface area contributed by atoms with Gasteiger partial charge in [-0.3, -0.25) is 4.79 Å². The molecule has 0 aromatic rings. The van der Waals surface area contributed by atoms with Crippen LogP contribution in [-0.4, -0.2) is 29.1 Å². The van der Waals surface area contributed by atoms with E-state index in [-0.39, 0.29) is 17.9 Å². The van der Waals surface area contributed by atoms with Gasteiger partial charge in [-0.2, -0.15) is 5.26 Å². The first kappa shape index (κ1) is 18.7. The zero-order valence-corrected chi connectivity index (χ0v) is 11.4. The number of amides is 1. The van der Waals surface area contributed by atoms with Crippen LogP contribution in [0.5, 0.6) is 0 Å². The van der Waals surface area contributed by atoms with Crippen LogP contribution in [0.1, 0.15) is 40.5 Å². The van der Waals surface area contributed by atoms with Crippen molar-refractivity contribution in [3.8, 4) is 6.07 Å². The SMILES string of the molecule is CC(=O)N[C@H](C(=O)O)C(C)C.CC[C@@H](N)CC#N. The van der Waals surface area contributed by atoms with E-state index in [2.05, 4.69) is 5.32 Å². The fourth-order valence-corrected chi connectivity index (χ4v) is 0.994. The Labute approximate surface area is 108 Å². The molecule has 0 bridgehead atoms. The molecule has 0 aromatic carbocycles. The lowest BCUT2D eigenvalue weighted by Crippen LogP contribution is -2.43. The van der Waals surface area contributed by atoms with Crippen LogP contribution in [0.25, 0.3) is 0 Å². The first-order valence-electron chi connectivity index (χ1n) is 5.88. The first-order chi connectivity index (χ1) is 8.26. The lowest BCUT2D eigenvalue weighted by atomic mass is 10.1. The molecular formula is C12H23N3O3. The highest BCUT2D eigenvalue weighted by Crippen LogP contribution is 2.00. The Bertz CT molecular complexity index is 297. The number of carbonyl (C=O) groups is 2. The van der Waals surface area contributed by atoms with Gasteiger partial charge in [-0.15, -0.1) is 0 Å². The maximum atomic E-state index is 10.5. The molecule has 2 atom stereocenters. The fourth-order valence-electron chi connectivity index (χ4n) is 0.994. The molecule has 0 radical (unpaired) electrons. The molecule has 0 aliphatic heterocycles. The average Bonchev–Trinajstić information content (AvgIpc) is 2.26. The summed E-state index contributed by atoms with van der Waals surface area (Å²) in [5.74, 6) is -1.39. The van der Waals surface area contributed by atoms with Crippen molar-refractivity contribution in [2.45, 2.75) is 52.6 Å². The quantitative estimate of drug-likeness (QED) is 0.675. The summed E-state index contributed by atoms with van der Waals surface area (Å²) in [7, 11) is 0. The molecule has 18 heavy (non-hydrogen) atoms. The number of carbonyl (C=O) groups excluding carboxylic acids is 1. The molecule has 0 aliphatic carbocycles. The van der Waals surface area contributed by atoms with Crippen LogP contribution in [0.4, 0.5) is 0 Å². The van der Waals surface area contributed by atoms with E-state index < -0.39 is 12.0 Å². The number of nitrogens with one attached hydrogen (secondary N) is 1. The Hall–Kier alpha value is -1.61. The summed E-state index contributed by atoms with van der Waals surface area (Å²) in [6, 6.07) is 1.31. The van der Waals surface area contributed by atoms with Gasteiger partial charge in [0.2, 0.25) is 5.91 Å². The lowest BCUT2D eigenvalue weighted by Gasteiger charge is -2.16. The van der Waals surface area contributed by atoms with Gasteiger partial charge < -0.3 is 16.2 Å². The van der Waals surface area contributed by atoms with Crippen LogP contribution in [0.15, 0.2) is 0 Å². The van der Waals surface area contributed by atoms with E-state index in [1.165, 1.54) is 6.92 Å². The highest BCUT2D eigenvalue weighted by molar-refractivity contribution is 5.82. The number of hydrogen-bond acceptors (Lipinski definition) is 4. The van der Waals surface area contributed by atoms with Crippen molar-refractivity contribution in [3.63, 3.8) is 0 Å². The van der Waals surface area contributed by atoms with Crippen molar-refractivity contribution < 1.29 is 14.7 Å². The van der Waals surface area contributed by atoms with E-state index in [4.69, 9.17) is 16.1 Å². The number of nitrogens with two attached hydrogens (primary N) is 1. The van der Waals surface area contributed by atoms with E-state index in [9.17, 15) is 9.59 Å². The predicted molar refractivity (Wildman–Crippen MR) is 68.6 cm³/mol. The van der Waals surface area contributed by atoms with Crippen molar-refractivity contribution >= 4 is 11.9 Å². The van der Waals surface area contributed by atoms with E-state index in [1.54, 1.807) is 13.8 Å². The number of rotatable bonds is 5. The topological polar surface area (TPSA) is 116 Å². The number of aliphatic carboxylic acids is 1. The molecule has 0 unspecified atom stereocenters. The smallest absolute Gasteiger partial charge is 0.326 e. The minimum atomic E-state index is -0.991. The summed E-state index contributed by atoms with van der Waals surface area (Å²) in [6.07, 6.45) is 1.38. The zero-order valence-electron chi connectivity index (χ0n) is 11.4. The second-order valence-corrected chi connectivity index (χ2v) is 4.29. The molecule has 6 heteroatoms. The molecule has 0 fully saturated rings. The van der Waals surface area contributed by atoms with Crippen molar-refractivity contribution in [3.05, 3.63) is 0 Å². The Morgan fingerprint density at radius 1 is 1.44 bits per heavy atom. The lowest BCUT2D eigenvalue weighted by molar-refractivity contribution is -0.142. The molecule has 104 valence electrons. The van der Waals surface area contributed by atoms with Gasteiger partial charge in [0, 0.05) is 13.0 Å². The number of carboxylic acids is 1. The first-order valence-corrected chi connectivity index (χ1v) is 5.88. The Morgan fingerprint density at radius 3 is 2.06 bits per heavy atom. The summed E-state index contributed by atoms with van der Waals surface area (Å²) >= 11 is 0. The van der Waals surface area contributed by atoms with Crippen molar-refractivity contribution in [1.82, 2.24) is 5.32 Å². The molecule has 0 spiro atoms. The Kier molecular flexibility index (Phi) is 11.0. The summed E-state index contributed by atoms with van der Waals surface area (Å²) in [5.41, 5.74) is 5.36. The molecule has 0 saturated carbocycles. The van der Waals surface area contributed by atoms with Crippen LogP contribution >= 0.6 is 0 Å². The molecule has 4 N–H and O–H groups in total. The second kappa shape index (κ2) is 10.5. The molecule has 0 aromatic heterocycles. The van der Waals surface area contributed by atoms with Crippen LogP contribution in [0, 0.1) is 17.2 Å². The van der Waals surface area contributed by atoms with Gasteiger partial charge in [0.05, 0.1) is 12.5 Å². The third-order valence-corrected chi connectivity index (χ3v) is 2.17. The standard InChI is InChI=1S/C7H13NO3.C5H10N2/c1-4(2)6(7(10)11)8-5(3)9;1-2-5(7)3-4-6/h4,6H,1-3H3,(H,8,9)(H,10,11);5H,2-3,7H2,1H3/t6-;5-/m01/s1. The Morgan fingerprint density at radius 2 is 1.94 bits per heavy atom. The maximum Gasteiger partial charge on any atom is 0.326 e. The third kappa shape index (κ3) is 10.9. The van der Waals surface area contributed by atoms with Crippen molar-refractivity contribution in [1.29, 1.82) is 5.26 Å². The van der Waals surface area contributed by atoms with Gasteiger partial charge in [0.1, 0.15) is 6.04 Å². The van der Waals surface area contributed by atoms with Crippen LogP contribution < -0.4 is 11.1 Å². The minimum absolute atomic E-state index is 0.0867. The molecular weight excluding hydrogens is 234 g/mol. The number of nitrogens with zero attached hydrogens (tertiary/aromatic N) is 1. The second-order valence-electron chi connectivity index (χ2n) is 4.29. The summed E-state index contributed by atoms with van der Waals surface area (Å²) in [5, 5.41) is 19.0. The highest BCUT2D eigenvalue weighted by atomic mass is 16.4. The summed E-state index contributed by atoms with van der Waals surface area (Å²) in [4.78, 5) is 21.0. The molecule has 0 saturated heterocycles. The number of hydrogen-bond donors (Lipinski definition) is 3. The van der Waals surface area contributed by atoms with Gasteiger partial charge in [-0.1, -0.05) is 20.8 Å². The predicted octanol–water partition coefficient (Wildman–Crippen LogP) is 0.869. The molecule has 0 rings (SSSR count). The molecule has 0 heterocycles. The molecule has 0 aliphatic rings. The van der Waals surface area contributed by atoms with E-state index in [1.807, 2.05) is 13.0 Å². The monoisotopic (exact) mass is 257 g/mol. The molecule has 1 amide bonds. The average molecular weight is 257 g/mol. The van der Waals surface area contributed by atoms with Crippen molar-refractivity contribution in [2.24, 2.45) is 11.7 Å². The van der Waals surface area contributed by atoms with Crippen LogP contribution in [0.3, 0.4) is 0 Å². The minimum Gasteiger partial charge on any atom is -0.480 e. The van der Waals surface area contributed by atoms with Gasteiger partial charge in [0.25, 0.3) is 0 Å². The van der Waals surface area contributed by atoms with E-state index >= 15 is 0 Å².